The zero-order valence-electron chi connectivity index (χ0n) is 14.1. The second kappa shape index (κ2) is 4.11. The van der Waals surface area contributed by atoms with Crippen molar-refractivity contribution in [3.8, 4) is 0 Å². The monoisotopic (exact) mass is 307 g/mol. The lowest BCUT2D eigenvalue weighted by Crippen LogP contribution is -2.37. The molecule has 1 heterocycles. The highest BCUT2D eigenvalue weighted by molar-refractivity contribution is 5.78. The molecule has 120 valence electrons. The Morgan fingerprint density at radius 1 is 1.32 bits per heavy atom. The van der Waals surface area contributed by atoms with Gasteiger partial charge >= 0.3 is 0 Å². The van der Waals surface area contributed by atoms with Crippen molar-refractivity contribution in [1.29, 1.82) is 0 Å². The summed E-state index contributed by atoms with van der Waals surface area (Å²) >= 11 is 0. The van der Waals surface area contributed by atoms with Gasteiger partial charge in [0.1, 0.15) is 5.78 Å². The summed E-state index contributed by atoms with van der Waals surface area (Å²) in [5.74, 6) is 0.0279. The molecular formula is C18H23F2NO. The molecule has 0 N–H and O–H groups in total. The van der Waals surface area contributed by atoms with Crippen LogP contribution in [-0.4, -0.2) is 23.7 Å². The average molecular weight is 307 g/mol. The Bertz CT molecular complexity index is 681. The summed E-state index contributed by atoms with van der Waals surface area (Å²) in [4.78, 5) is 13.6. The van der Waals surface area contributed by atoms with Crippen LogP contribution in [0.15, 0.2) is 28.3 Å². The second-order valence-corrected chi connectivity index (χ2v) is 7.90. The highest BCUT2D eigenvalue weighted by atomic mass is 19.3. The number of hydrogen-bond acceptors (Lipinski definition) is 2. The Kier molecular flexibility index (Phi) is 2.89. The van der Waals surface area contributed by atoms with E-state index in [0.29, 0.717) is 5.70 Å². The van der Waals surface area contributed by atoms with Gasteiger partial charge in [-0.1, -0.05) is 33.4 Å². The van der Waals surface area contributed by atoms with Crippen molar-refractivity contribution in [3.63, 3.8) is 0 Å². The number of carbonyl (C=O) groups is 1. The molecule has 0 aromatic rings. The molecular weight excluding hydrogens is 284 g/mol. The van der Waals surface area contributed by atoms with E-state index >= 15 is 0 Å². The first-order chi connectivity index (χ1) is 9.97. The van der Waals surface area contributed by atoms with E-state index in [4.69, 9.17) is 0 Å². The van der Waals surface area contributed by atoms with E-state index in [2.05, 4.69) is 33.4 Å². The molecule has 1 fully saturated rings. The zero-order chi connectivity index (χ0) is 16.7. The van der Waals surface area contributed by atoms with Gasteiger partial charge in [-0.2, -0.15) is 0 Å². The molecule has 1 saturated carbocycles. The van der Waals surface area contributed by atoms with Gasteiger partial charge in [-0.15, -0.1) is 0 Å². The number of hydrogen-bond donors (Lipinski definition) is 0. The fraction of sp³-hybridized carbons (Fsp3) is 0.667. The van der Waals surface area contributed by atoms with Gasteiger partial charge in [-0.3, -0.25) is 4.79 Å². The predicted molar refractivity (Wildman–Crippen MR) is 81.2 cm³/mol. The molecule has 0 amide bonds. The Hall–Kier alpha value is -1.41. The summed E-state index contributed by atoms with van der Waals surface area (Å²) < 4.78 is 27.3. The lowest BCUT2D eigenvalue weighted by Gasteiger charge is -2.40. The first kappa shape index (κ1) is 15.5. The second-order valence-electron chi connectivity index (χ2n) is 7.90. The van der Waals surface area contributed by atoms with Crippen LogP contribution in [0.3, 0.4) is 0 Å². The Morgan fingerprint density at radius 3 is 2.41 bits per heavy atom. The molecule has 2 atom stereocenters. The first-order valence-electron chi connectivity index (χ1n) is 7.75. The fourth-order valence-corrected chi connectivity index (χ4v) is 4.75. The summed E-state index contributed by atoms with van der Waals surface area (Å²) in [5.41, 5.74) is 4.66. The number of allylic oxidation sites excluding steroid dienone is 3. The summed E-state index contributed by atoms with van der Waals surface area (Å²) in [5, 5.41) is 0. The average Bonchev–Trinajstić information content (AvgIpc) is 2.91. The van der Waals surface area contributed by atoms with Crippen molar-refractivity contribution in [1.82, 2.24) is 4.90 Å². The summed E-state index contributed by atoms with van der Waals surface area (Å²) in [6, 6.07) is 0. The zero-order valence-corrected chi connectivity index (χ0v) is 14.1. The van der Waals surface area contributed by atoms with Gasteiger partial charge in [0.15, 0.2) is 0 Å². The smallest absolute Gasteiger partial charge is 0.271 e. The molecule has 2 aliphatic carbocycles. The fourth-order valence-electron chi connectivity index (χ4n) is 4.75. The molecule has 0 radical (unpaired) electrons. The van der Waals surface area contributed by atoms with E-state index in [-0.39, 0.29) is 34.1 Å². The number of fused-ring (bicyclic) bond motifs is 2. The van der Waals surface area contributed by atoms with Gasteiger partial charge in [0.25, 0.3) is 6.43 Å². The normalized spacial score (nSPS) is 35.2. The molecule has 0 spiro atoms. The van der Waals surface area contributed by atoms with Crippen LogP contribution in [0.5, 0.6) is 0 Å². The molecule has 0 aromatic heterocycles. The molecule has 3 aliphatic rings. The number of carbonyl (C=O) groups excluding carboxylic acids is 1. The van der Waals surface area contributed by atoms with Crippen LogP contribution < -0.4 is 0 Å². The minimum atomic E-state index is -2.53. The third-order valence-electron chi connectivity index (χ3n) is 6.42. The number of nitrogens with zero attached hydrogens (tertiary/aromatic N) is 1. The van der Waals surface area contributed by atoms with Crippen LogP contribution in [-0.2, 0) is 4.79 Å². The molecule has 0 saturated heterocycles. The van der Waals surface area contributed by atoms with Crippen molar-refractivity contribution in [3.05, 3.63) is 28.3 Å². The van der Waals surface area contributed by atoms with E-state index in [1.54, 1.807) is 6.92 Å². The highest BCUT2D eigenvalue weighted by Crippen LogP contribution is 2.83. The topological polar surface area (TPSA) is 20.3 Å². The summed E-state index contributed by atoms with van der Waals surface area (Å²) in [6.07, 6.45) is -1.62. The van der Waals surface area contributed by atoms with Gasteiger partial charge in [0, 0.05) is 16.5 Å². The predicted octanol–water partition coefficient (Wildman–Crippen LogP) is 4.30. The number of rotatable bonds is 3. The van der Waals surface area contributed by atoms with Gasteiger partial charge in [-0.05, 0) is 31.3 Å². The van der Waals surface area contributed by atoms with Gasteiger partial charge < -0.3 is 4.90 Å². The summed E-state index contributed by atoms with van der Waals surface area (Å²) in [7, 11) is 0. The van der Waals surface area contributed by atoms with Crippen molar-refractivity contribution < 1.29 is 13.6 Å². The lowest BCUT2D eigenvalue weighted by molar-refractivity contribution is -0.117. The summed E-state index contributed by atoms with van der Waals surface area (Å²) in [6.45, 7) is 12.0. The largest absolute Gasteiger partial charge is 0.334 e. The van der Waals surface area contributed by atoms with E-state index in [1.165, 1.54) is 6.92 Å². The number of Topliss-reactive ketones (excluding diaryl/α,β-unsaturated/α-hetero) is 1. The molecule has 4 heteroatoms. The Labute approximate surface area is 130 Å². The maximum absolute atomic E-state index is 13.6. The molecule has 0 bridgehead atoms. The maximum atomic E-state index is 13.6. The highest BCUT2D eigenvalue weighted by Gasteiger charge is 2.76. The first-order valence-corrected chi connectivity index (χ1v) is 7.75. The van der Waals surface area contributed by atoms with Crippen molar-refractivity contribution in [2.75, 3.05) is 6.54 Å². The van der Waals surface area contributed by atoms with Gasteiger partial charge in [-0.25, -0.2) is 8.78 Å². The lowest BCUT2D eigenvalue weighted by atomic mass is 9.75. The van der Waals surface area contributed by atoms with E-state index in [0.717, 1.165) is 17.7 Å². The molecule has 0 unspecified atom stereocenters. The van der Waals surface area contributed by atoms with Gasteiger partial charge in [0.05, 0.1) is 17.8 Å². The van der Waals surface area contributed by atoms with Crippen molar-refractivity contribution in [2.24, 2.45) is 16.2 Å². The molecule has 2 nitrogen and oxygen atoms in total. The maximum Gasteiger partial charge on any atom is 0.271 e. The minimum Gasteiger partial charge on any atom is -0.334 e. The van der Waals surface area contributed by atoms with Crippen molar-refractivity contribution >= 4 is 5.78 Å². The molecule has 22 heavy (non-hydrogen) atoms. The third-order valence-corrected chi connectivity index (χ3v) is 6.42. The Balaban J connectivity index is 2.27. The van der Waals surface area contributed by atoms with E-state index < -0.39 is 6.43 Å². The van der Waals surface area contributed by atoms with Crippen LogP contribution in [0.1, 0.15) is 48.0 Å². The van der Waals surface area contributed by atoms with Crippen molar-refractivity contribution in [2.45, 2.75) is 54.4 Å². The quantitative estimate of drug-likeness (QED) is 0.725. The van der Waals surface area contributed by atoms with Crippen LogP contribution >= 0.6 is 0 Å². The van der Waals surface area contributed by atoms with E-state index in [9.17, 15) is 13.6 Å². The van der Waals surface area contributed by atoms with Gasteiger partial charge in [0.2, 0.25) is 0 Å². The Morgan fingerprint density at radius 2 is 1.91 bits per heavy atom. The number of halogens is 2. The van der Waals surface area contributed by atoms with Crippen LogP contribution in [0.4, 0.5) is 8.78 Å². The van der Waals surface area contributed by atoms with Crippen LogP contribution in [0.25, 0.3) is 0 Å². The number of ketones is 1. The molecule has 1 aliphatic heterocycles. The standard InChI is InChI=1S/C18H23F2NO/c1-10-7-12(15(19)20)13-14(21(10)8-11(2)22)16(3,4)18(6)9-17(13,18)5/h15H,8-9H2,1-6H3/t17-,18+/m1/s1. The van der Waals surface area contributed by atoms with Crippen LogP contribution in [0.2, 0.25) is 0 Å². The number of alkyl halides is 2. The molecule has 0 aromatic carbocycles. The molecule has 3 rings (SSSR count). The minimum absolute atomic E-state index is 0.0279. The third kappa shape index (κ3) is 1.57. The SMILES string of the molecule is CC(=O)CN1C(C)=C=C(C(F)F)C2=C1C(C)(C)[C@]1(C)C[C@]21C. The van der Waals surface area contributed by atoms with E-state index in [1.807, 2.05) is 4.90 Å². The van der Waals surface area contributed by atoms with Crippen LogP contribution in [0, 0.1) is 16.2 Å².